The first-order valence-corrected chi connectivity index (χ1v) is 8.78. The summed E-state index contributed by atoms with van der Waals surface area (Å²) in [6.07, 6.45) is 5.12. The highest BCUT2D eigenvalue weighted by Gasteiger charge is 2.29. The summed E-state index contributed by atoms with van der Waals surface area (Å²) in [5, 5.41) is 6.65. The number of amides is 2. The summed E-state index contributed by atoms with van der Waals surface area (Å²) in [4.78, 5) is 34.5. The molecule has 8 heteroatoms. The fourth-order valence-corrected chi connectivity index (χ4v) is 3.05. The van der Waals surface area contributed by atoms with Crippen molar-refractivity contribution in [3.05, 3.63) is 41.3 Å². The van der Waals surface area contributed by atoms with Crippen molar-refractivity contribution in [1.82, 2.24) is 25.3 Å². The Labute approximate surface area is 152 Å². The van der Waals surface area contributed by atoms with Gasteiger partial charge in [-0.15, -0.1) is 0 Å². The first-order valence-electron chi connectivity index (χ1n) is 8.78. The molecule has 0 radical (unpaired) electrons. The minimum atomic E-state index is -0.345. The van der Waals surface area contributed by atoms with Crippen LogP contribution in [-0.4, -0.2) is 38.4 Å². The number of rotatable bonds is 5. The van der Waals surface area contributed by atoms with E-state index < -0.39 is 0 Å². The van der Waals surface area contributed by atoms with Gasteiger partial charge < -0.3 is 14.7 Å². The third-order valence-electron chi connectivity index (χ3n) is 4.48. The number of aromatic nitrogens is 3. The number of hydrogen-bond donors (Lipinski definition) is 1. The quantitative estimate of drug-likeness (QED) is 0.880. The minimum absolute atomic E-state index is 0.0410. The fraction of sp³-hybridized carbons (Fsp3) is 0.500. The van der Waals surface area contributed by atoms with Gasteiger partial charge in [-0.2, -0.15) is 0 Å². The van der Waals surface area contributed by atoms with Gasteiger partial charge in [-0.3, -0.25) is 19.6 Å². The second kappa shape index (κ2) is 7.63. The van der Waals surface area contributed by atoms with Crippen LogP contribution in [0.3, 0.4) is 0 Å². The summed E-state index contributed by atoms with van der Waals surface area (Å²) in [5.74, 6) is 0.0666. The molecule has 1 saturated heterocycles. The summed E-state index contributed by atoms with van der Waals surface area (Å²) in [5.41, 5.74) is 2.13. The second-order valence-electron chi connectivity index (χ2n) is 6.76. The van der Waals surface area contributed by atoms with Gasteiger partial charge in [0, 0.05) is 19.5 Å². The Balaban J connectivity index is 1.65. The van der Waals surface area contributed by atoms with Gasteiger partial charge >= 0.3 is 0 Å². The van der Waals surface area contributed by atoms with E-state index in [1.807, 2.05) is 18.7 Å². The van der Waals surface area contributed by atoms with E-state index in [2.05, 4.69) is 20.4 Å². The van der Waals surface area contributed by atoms with Crippen LogP contribution in [0.4, 0.5) is 0 Å². The van der Waals surface area contributed by atoms with Gasteiger partial charge in [0.2, 0.25) is 11.7 Å². The number of nitrogens with one attached hydrogen (secondary N) is 1. The van der Waals surface area contributed by atoms with E-state index in [1.54, 1.807) is 25.4 Å². The Morgan fingerprint density at radius 3 is 2.88 bits per heavy atom. The highest BCUT2D eigenvalue weighted by molar-refractivity contribution is 5.91. The smallest absolute Gasteiger partial charge is 0.290 e. The molecule has 3 rings (SSSR count). The van der Waals surface area contributed by atoms with Crippen LogP contribution in [0.15, 0.2) is 23.0 Å². The van der Waals surface area contributed by atoms with Gasteiger partial charge in [0.05, 0.1) is 42.1 Å². The molecule has 2 aromatic heterocycles. The van der Waals surface area contributed by atoms with Crippen LogP contribution in [0, 0.1) is 0 Å². The topological polar surface area (TPSA) is 101 Å². The fourth-order valence-electron chi connectivity index (χ4n) is 3.05. The van der Waals surface area contributed by atoms with Crippen LogP contribution >= 0.6 is 0 Å². The largest absolute Gasteiger partial charge is 0.351 e. The highest BCUT2D eigenvalue weighted by atomic mass is 16.5. The lowest BCUT2D eigenvalue weighted by molar-refractivity contribution is -0.129. The Bertz CT molecular complexity index is 802. The van der Waals surface area contributed by atoms with E-state index in [0.29, 0.717) is 5.69 Å². The maximum absolute atomic E-state index is 12.2. The van der Waals surface area contributed by atoms with Crippen molar-refractivity contribution < 1.29 is 14.1 Å². The lowest BCUT2D eigenvalue weighted by atomic mass is 10.1. The van der Waals surface area contributed by atoms with Crippen molar-refractivity contribution in [2.24, 2.45) is 0 Å². The van der Waals surface area contributed by atoms with Crippen LogP contribution in [0.2, 0.25) is 0 Å². The van der Waals surface area contributed by atoms with Crippen molar-refractivity contribution in [2.45, 2.75) is 52.1 Å². The second-order valence-corrected chi connectivity index (χ2v) is 6.76. The molecule has 0 saturated carbocycles. The molecule has 0 bridgehead atoms. The third-order valence-corrected chi connectivity index (χ3v) is 4.48. The molecule has 26 heavy (non-hydrogen) atoms. The summed E-state index contributed by atoms with van der Waals surface area (Å²) in [6, 6.07) is 1.60. The Hall–Kier alpha value is -2.77. The SMILES string of the molecule is CC(=O)N1CCC[C@H]1c1cncc(CNC(=O)c2cc(C(C)C)no2)n1. The molecule has 1 aliphatic rings. The predicted octanol–water partition coefficient (Wildman–Crippen LogP) is 2.20. The van der Waals surface area contributed by atoms with Crippen molar-refractivity contribution in [1.29, 1.82) is 0 Å². The highest BCUT2D eigenvalue weighted by Crippen LogP contribution is 2.30. The minimum Gasteiger partial charge on any atom is -0.351 e. The number of carbonyl (C=O) groups is 2. The lowest BCUT2D eigenvalue weighted by Crippen LogP contribution is -2.29. The molecule has 0 aliphatic carbocycles. The van der Waals surface area contributed by atoms with E-state index in [4.69, 9.17) is 4.52 Å². The van der Waals surface area contributed by atoms with Crippen LogP contribution < -0.4 is 5.32 Å². The molecule has 2 aromatic rings. The van der Waals surface area contributed by atoms with E-state index >= 15 is 0 Å². The summed E-state index contributed by atoms with van der Waals surface area (Å²) < 4.78 is 5.08. The van der Waals surface area contributed by atoms with Gasteiger partial charge in [-0.1, -0.05) is 19.0 Å². The third kappa shape index (κ3) is 3.89. The van der Waals surface area contributed by atoms with Gasteiger partial charge in [0.15, 0.2) is 0 Å². The van der Waals surface area contributed by atoms with Gasteiger partial charge in [0.25, 0.3) is 5.91 Å². The molecule has 1 N–H and O–H groups in total. The zero-order chi connectivity index (χ0) is 18.7. The zero-order valence-corrected chi connectivity index (χ0v) is 15.2. The number of carbonyl (C=O) groups excluding carboxylic acids is 2. The predicted molar refractivity (Wildman–Crippen MR) is 93.2 cm³/mol. The lowest BCUT2D eigenvalue weighted by Gasteiger charge is -2.22. The summed E-state index contributed by atoms with van der Waals surface area (Å²) >= 11 is 0. The molecule has 0 spiro atoms. The molecular weight excluding hydrogens is 334 g/mol. The summed E-state index contributed by atoms with van der Waals surface area (Å²) in [7, 11) is 0. The molecule has 138 valence electrons. The standard InChI is InChI=1S/C18H23N5O3/c1-11(2)14-7-17(26-22-14)18(25)20-9-13-8-19-10-15(21-13)16-5-4-6-23(16)12(3)24/h7-8,10-11,16H,4-6,9H2,1-3H3,(H,20,25)/t16-/m0/s1. The van der Waals surface area contributed by atoms with Crippen LogP contribution in [0.1, 0.15) is 73.2 Å². The van der Waals surface area contributed by atoms with Crippen molar-refractivity contribution in [3.8, 4) is 0 Å². The van der Waals surface area contributed by atoms with Crippen LogP contribution in [0.25, 0.3) is 0 Å². The molecular formula is C18H23N5O3. The van der Waals surface area contributed by atoms with Crippen LogP contribution in [-0.2, 0) is 11.3 Å². The molecule has 1 aliphatic heterocycles. The average Bonchev–Trinajstić information content (AvgIpc) is 3.29. The van der Waals surface area contributed by atoms with E-state index in [0.717, 1.165) is 30.8 Å². The number of nitrogens with zero attached hydrogens (tertiary/aromatic N) is 4. The van der Waals surface area contributed by atoms with Gasteiger partial charge in [-0.05, 0) is 18.8 Å². The van der Waals surface area contributed by atoms with Crippen molar-refractivity contribution in [3.63, 3.8) is 0 Å². The van der Waals surface area contributed by atoms with Crippen LogP contribution in [0.5, 0.6) is 0 Å². The molecule has 0 unspecified atom stereocenters. The van der Waals surface area contributed by atoms with Gasteiger partial charge in [-0.25, -0.2) is 0 Å². The first-order chi connectivity index (χ1) is 12.5. The molecule has 3 heterocycles. The average molecular weight is 357 g/mol. The van der Waals surface area contributed by atoms with Crippen molar-refractivity contribution in [2.75, 3.05) is 6.54 Å². The maximum atomic E-state index is 12.2. The first kappa shape index (κ1) is 18.0. The molecule has 8 nitrogen and oxygen atoms in total. The maximum Gasteiger partial charge on any atom is 0.290 e. The Morgan fingerprint density at radius 1 is 1.38 bits per heavy atom. The molecule has 1 atom stereocenters. The van der Waals surface area contributed by atoms with E-state index in [-0.39, 0.29) is 36.1 Å². The summed E-state index contributed by atoms with van der Waals surface area (Å²) in [6.45, 7) is 6.50. The molecule has 2 amide bonds. The zero-order valence-electron chi connectivity index (χ0n) is 15.2. The number of hydrogen-bond acceptors (Lipinski definition) is 6. The normalized spacial score (nSPS) is 16.9. The Kier molecular flexibility index (Phi) is 5.29. The van der Waals surface area contributed by atoms with Gasteiger partial charge in [0.1, 0.15) is 0 Å². The monoisotopic (exact) mass is 357 g/mol. The Morgan fingerprint density at radius 2 is 2.19 bits per heavy atom. The van der Waals surface area contributed by atoms with Crippen molar-refractivity contribution >= 4 is 11.8 Å². The van der Waals surface area contributed by atoms with E-state index in [9.17, 15) is 9.59 Å². The molecule has 0 aromatic carbocycles. The number of likely N-dealkylation sites (tertiary alicyclic amines) is 1. The van der Waals surface area contributed by atoms with E-state index in [1.165, 1.54) is 0 Å². The molecule has 1 fully saturated rings.